The van der Waals surface area contributed by atoms with E-state index in [1.165, 1.54) is 0 Å². The lowest BCUT2D eigenvalue weighted by atomic mass is 10.1. The predicted molar refractivity (Wildman–Crippen MR) is 118 cm³/mol. The van der Waals surface area contributed by atoms with Crippen molar-refractivity contribution in [3.63, 3.8) is 0 Å². The number of anilines is 1. The fourth-order valence-corrected chi connectivity index (χ4v) is 2.69. The summed E-state index contributed by atoms with van der Waals surface area (Å²) in [7, 11) is 0. The molecule has 2 amide bonds. The number of carbonyl (C=O) groups is 2. The molecule has 0 aliphatic rings. The van der Waals surface area contributed by atoms with Gasteiger partial charge in [-0.3, -0.25) is 9.59 Å². The summed E-state index contributed by atoms with van der Waals surface area (Å²) in [5.74, 6) is 0.0717. The number of rotatable bonds is 7. The highest BCUT2D eigenvalue weighted by atomic mass is 16.5. The molecule has 2 N–H and O–H groups in total. The molecular formula is C24H23N3O3. The summed E-state index contributed by atoms with van der Waals surface area (Å²) in [6.07, 6.45) is 1.55. The van der Waals surface area contributed by atoms with Gasteiger partial charge in [0.05, 0.1) is 6.21 Å². The number of carbonyl (C=O) groups excluding carboxylic acids is 2. The van der Waals surface area contributed by atoms with Crippen LogP contribution >= 0.6 is 0 Å². The van der Waals surface area contributed by atoms with Crippen molar-refractivity contribution < 1.29 is 14.3 Å². The highest BCUT2D eigenvalue weighted by molar-refractivity contribution is 5.96. The Morgan fingerprint density at radius 1 is 0.933 bits per heavy atom. The number of amides is 2. The zero-order chi connectivity index (χ0) is 21.3. The summed E-state index contributed by atoms with van der Waals surface area (Å²) in [6, 6.07) is 21.9. The lowest BCUT2D eigenvalue weighted by Crippen LogP contribution is -2.20. The molecule has 6 nitrogen and oxygen atoms in total. The highest BCUT2D eigenvalue weighted by Crippen LogP contribution is 2.12. The molecule has 152 valence electrons. The van der Waals surface area contributed by atoms with Crippen LogP contribution in [0.25, 0.3) is 0 Å². The lowest BCUT2D eigenvalue weighted by molar-refractivity contribution is -0.118. The van der Waals surface area contributed by atoms with E-state index in [1.807, 2.05) is 56.3 Å². The van der Waals surface area contributed by atoms with Crippen LogP contribution < -0.4 is 15.5 Å². The van der Waals surface area contributed by atoms with E-state index >= 15 is 0 Å². The molecule has 0 fully saturated rings. The Morgan fingerprint density at radius 3 is 2.33 bits per heavy atom. The fourth-order valence-electron chi connectivity index (χ4n) is 2.69. The first kappa shape index (κ1) is 20.8. The van der Waals surface area contributed by atoms with Crippen LogP contribution in [0.4, 0.5) is 5.69 Å². The van der Waals surface area contributed by atoms with Crippen molar-refractivity contribution in [2.24, 2.45) is 5.10 Å². The van der Waals surface area contributed by atoms with Crippen molar-refractivity contribution in [3.8, 4) is 5.75 Å². The van der Waals surface area contributed by atoms with Gasteiger partial charge in [0.15, 0.2) is 6.61 Å². The molecule has 0 atom stereocenters. The minimum Gasteiger partial charge on any atom is -0.484 e. The van der Waals surface area contributed by atoms with E-state index in [9.17, 15) is 9.59 Å². The van der Waals surface area contributed by atoms with Crippen molar-refractivity contribution >= 4 is 23.7 Å². The molecule has 0 spiro atoms. The number of hydrogen-bond donors (Lipinski definition) is 2. The molecule has 0 aromatic heterocycles. The van der Waals surface area contributed by atoms with E-state index in [0.717, 1.165) is 22.4 Å². The number of benzene rings is 3. The highest BCUT2D eigenvalue weighted by Gasteiger charge is 2.06. The average molecular weight is 401 g/mol. The summed E-state index contributed by atoms with van der Waals surface area (Å²) in [5.41, 5.74) is 6.63. The second kappa shape index (κ2) is 10.0. The Balaban J connectivity index is 1.47. The summed E-state index contributed by atoms with van der Waals surface area (Å²) in [4.78, 5) is 24.1. The van der Waals surface area contributed by atoms with Gasteiger partial charge in [-0.2, -0.15) is 5.10 Å². The predicted octanol–water partition coefficient (Wildman–Crippen LogP) is 4.08. The Hall–Kier alpha value is -3.93. The number of nitrogens with zero attached hydrogens (tertiary/aromatic N) is 1. The standard InChI is InChI=1S/C24H23N3O3/c1-17-7-11-20(12-8-17)26-23(28)16-30-21-13-9-19(10-14-21)15-25-27-24(29)22-6-4-3-5-18(22)2/h3-15H,16H2,1-2H3,(H,26,28)(H,27,29)/b25-15-. The Bertz CT molecular complexity index is 1040. The van der Waals surface area contributed by atoms with Crippen molar-refractivity contribution in [3.05, 3.63) is 95.1 Å². The summed E-state index contributed by atoms with van der Waals surface area (Å²) < 4.78 is 5.51. The molecule has 0 unspecified atom stereocenters. The third-order valence-corrected chi connectivity index (χ3v) is 4.35. The SMILES string of the molecule is Cc1ccc(NC(=O)COc2ccc(/C=N\NC(=O)c3ccccc3C)cc2)cc1. The summed E-state index contributed by atoms with van der Waals surface area (Å²) >= 11 is 0. The van der Waals surface area contributed by atoms with Crippen LogP contribution in [0.1, 0.15) is 27.0 Å². The topological polar surface area (TPSA) is 79.8 Å². The van der Waals surface area contributed by atoms with Crippen LogP contribution in [-0.4, -0.2) is 24.6 Å². The van der Waals surface area contributed by atoms with Gasteiger partial charge in [-0.15, -0.1) is 0 Å². The molecule has 0 aliphatic carbocycles. The van der Waals surface area contributed by atoms with Crippen molar-refractivity contribution in [2.45, 2.75) is 13.8 Å². The van der Waals surface area contributed by atoms with Gasteiger partial charge in [0.2, 0.25) is 0 Å². The van der Waals surface area contributed by atoms with Gasteiger partial charge in [0, 0.05) is 11.3 Å². The lowest BCUT2D eigenvalue weighted by Gasteiger charge is -2.08. The van der Waals surface area contributed by atoms with Crippen LogP contribution in [0.3, 0.4) is 0 Å². The summed E-state index contributed by atoms with van der Waals surface area (Å²) in [6.45, 7) is 3.77. The average Bonchev–Trinajstić information content (AvgIpc) is 2.75. The molecule has 30 heavy (non-hydrogen) atoms. The maximum atomic E-state index is 12.1. The van der Waals surface area contributed by atoms with E-state index < -0.39 is 0 Å². The first-order chi connectivity index (χ1) is 14.5. The van der Waals surface area contributed by atoms with Gasteiger partial charge >= 0.3 is 0 Å². The third kappa shape index (κ3) is 6.04. The molecule has 0 heterocycles. The maximum Gasteiger partial charge on any atom is 0.271 e. The number of hydrazone groups is 1. The third-order valence-electron chi connectivity index (χ3n) is 4.35. The second-order valence-electron chi connectivity index (χ2n) is 6.79. The van der Waals surface area contributed by atoms with Crippen molar-refractivity contribution in [1.29, 1.82) is 0 Å². The monoisotopic (exact) mass is 401 g/mol. The van der Waals surface area contributed by atoms with E-state index in [0.29, 0.717) is 11.3 Å². The van der Waals surface area contributed by atoms with Crippen molar-refractivity contribution in [1.82, 2.24) is 5.43 Å². The first-order valence-corrected chi connectivity index (χ1v) is 9.50. The van der Waals surface area contributed by atoms with Crippen LogP contribution in [0.5, 0.6) is 5.75 Å². The van der Waals surface area contributed by atoms with Crippen molar-refractivity contribution in [2.75, 3.05) is 11.9 Å². The second-order valence-corrected chi connectivity index (χ2v) is 6.79. The molecular weight excluding hydrogens is 378 g/mol. The minimum atomic E-state index is -0.260. The van der Waals surface area contributed by atoms with E-state index in [2.05, 4.69) is 15.8 Å². The van der Waals surface area contributed by atoms with Gasteiger partial charge in [-0.1, -0.05) is 35.9 Å². The molecule has 3 aromatic carbocycles. The Kier molecular flexibility index (Phi) is 6.95. The smallest absolute Gasteiger partial charge is 0.271 e. The zero-order valence-electron chi connectivity index (χ0n) is 16.9. The van der Waals surface area contributed by atoms with Crippen LogP contribution in [0.15, 0.2) is 77.9 Å². The fraction of sp³-hybridized carbons (Fsp3) is 0.125. The van der Waals surface area contributed by atoms with E-state index in [-0.39, 0.29) is 18.4 Å². The largest absolute Gasteiger partial charge is 0.484 e. The molecule has 0 aliphatic heterocycles. The molecule has 0 saturated heterocycles. The van der Waals surface area contributed by atoms with Gasteiger partial charge in [0.1, 0.15) is 5.75 Å². The van der Waals surface area contributed by atoms with Gasteiger partial charge < -0.3 is 10.1 Å². The number of aryl methyl sites for hydroxylation is 2. The molecule has 0 bridgehead atoms. The number of hydrogen-bond acceptors (Lipinski definition) is 4. The molecule has 3 aromatic rings. The number of ether oxygens (including phenoxy) is 1. The van der Waals surface area contributed by atoms with Crippen LogP contribution in [0, 0.1) is 13.8 Å². The minimum absolute atomic E-state index is 0.0895. The van der Waals surface area contributed by atoms with E-state index in [1.54, 1.807) is 36.5 Å². The van der Waals surface area contributed by atoms with Gasteiger partial charge in [-0.25, -0.2) is 5.43 Å². The maximum absolute atomic E-state index is 12.1. The summed E-state index contributed by atoms with van der Waals surface area (Å²) in [5, 5.41) is 6.77. The molecule has 0 radical (unpaired) electrons. The van der Waals surface area contributed by atoms with Gasteiger partial charge in [-0.05, 0) is 67.4 Å². The quantitative estimate of drug-likeness (QED) is 0.462. The molecule has 6 heteroatoms. The van der Waals surface area contributed by atoms with E-state index in [4.69, 9.17) is 4.74 Å². The first-order valence-electron chi connectivity index (χ1n) is 9.50. The van der Waals surface area contributed by atoms with Crippen LogP contribution in [-0.2, 0) is 4.79 Å². The normalized spacial score (nSPS) is 10.6. The Morgan fingerprint density at radius 2 is 1.63 bits per heavy atom. The van der Waals surface area contributed by atoms with Gasteiger partial charge in [0.25, 0.3) is 11.8 Å². The Labute approximate surface area is 175 Å². The molecule has 3 rings (SSSR count). The number of nitrogens with one attached hydrogen (secondary N) is 2. The zero-order valence-corrected chi connectivity index (χ0v) is 16.9. The van der Waals surface area contributed by atoms with Crippen LogP contribution in [0.2, 0.25) is 0 Å². The molecule has 0 saturated carbocycles.